The van der Waals surface area contributed by atoms with Crippen molar-refractivity contribution in [3.05, 3.63) is 102 Å². The fourth-order valence-corrected chi connectivity index (χ4v) is 6.18. The highest BCUT2D eigenvalue weighted by molar-refractivity contribution is 5.91. The van der Waals surface area contributed by atoms with E-state index in [4.69, 9.17) is 21.3 Å². The van der Waals surface area contributed by atoms with E-state index >= 15 is 0 Å². The first kappa shape index (κ1) is 45.4. The fraction of sp³-hybridized carbons (Fsp3) is 0.286. The third kappa shape index (κ3) is 14.0. The number of carbonyl (C=O) groups is 5. The van der Waals surface area contributed by atoms with Gasteiger partial charge in [0, 0.05) is 49.8 Å². The Labute approximate surface area is 364 Å². The number of anilines is 3. The summed E-state index contributed by atoms with van der Waals surface area (Å²) in [5, 5.41) is 43.4. The average Bonchev–Trinajstić information content (AvgIpc) is 3.96. The van der Waals surface area contributed by atoms with Crippen molar-refractivity contribution in [2.75, 3.05) is 16.4 Å². The number of carboxylic acid groups (broad SMARTS) is 2. The maximum Gasteiger partial charge on any atom is 0.320 e. The van der Waals surface area contributed by atoms with Crippen LogP contribution < -0.4 is 32.2 Å². The van der Waals surface area contributed by atoms with Gasteiger partial charge in [0.2, 0.25) is 29.5 Å². The van der Waals surface area contributed by atoms with Gasteiger partial charge < -0.3 is 47.4 Å². The molecule has 0 spiro atoms. The number of nitrogens with two attached hydrogens (primary N) is 2. The number of aromatic amines is 1. The second kappa shape index (κ2) is 22.1. The van der Waals surface area contributed by atoms with Gasteiger partial charge in [-0.1, -0.05) is 29.5 Å². The van der Waals surface area contributed by atoms with Crippen LogP contribution in [0.2, 0.25) is 0 Å². The zero-order valence-corrected chi connectivity index (χ0v) is 34.4. The lowest BCUT2D eigenvalue weighted by atomic mass is 9.94. The van der Waals surface area contributed by atoms with Crippen LogP contribution in [0.15, 0.2) is 95.5 Å². The molecule has 0 radical (unpaired) electrons. The van der Waals surface area contributed by atoms with Crippen molar-refractivity contribution in [2.45, 2.75) is 70.7 Å². The van der Waals surface area contributed by atoms with Gasteiger partial charge in [-0.25, -0.2) is 4.98 Å². The molecular weight excluding hydrogens is 829 g/mol. The molecule has 0 bridgehead atoms. The van der Waals surface area contributed by atoms with Crippen molar-refractivity contribution >= 4 is 69.5 Å². The van der Waals surface area contributed by atoms with Crippen LogP contribution in [0.4, 0.5) is 28.7 Å². The monoisotopic (exact) mass is 874 g/mol. The quantitative estimate of drug-likeness (QED) is 0.0413. The molecule has 0 unspecified atom stereocenters. The molecular formula is C42H46N14O8. The summed E-state index contributed by atoms with van der Waals surface area (Å²) in [6.45, 7) is 0.893. The van der Waals surface area contributed by atoms with Crippen molar-refractivity contribution in [3.8, 4) is 5.88 Å². The largest absolute Gasteiger partial charge is 0.481 e. The molecule has 332 valence electrons. The predicted octanol–water partition coefficient (Wildman–Crippen LogP) is 4.41. The third-order valence-corrected chi connectivity index (χ3v) is 9.66. The molecule has 3 aromatic heterocycles. The Balaban J connectivity index is 0.842. The van der Waals surface area contributed by atoms with E-state index in [9.17, 15) is 29.1 Å². The predicted molar refractivity (Wildman–Crippen MR) is 231 cm³/mol. The number of carbonyl (C=O) groups excluding carboxylic acids is 3. The van der Waals surface area contributed by atoms with E-state index < -0.39 is 23.9 Å². The number of carboxylic acids is 2. The molecule has 10 N–H and O–H groups in total. The van der Waals surface area contributed by atoms with Crippen LogP contribution in [-0.2, 0) is 50.1 Å². The Kier molecular flexibility index (Phi) is 15.7. The number of aromatic nitrogens is 7. The molecule has 22 heteroatoms. The molecule has 22 nitrogen and oxygen atoms in total. The maximum atomic E-state index is 12.6. The van der Waals surface area contributed by atoms with E-state index in [1.807, 2.05) is 24.3 Å². The number of aliphatic carboxylic acids is 2. The Morgan fingerprint density at radius 2 is 1.44 bits per heavy atom. The number of hydrogen-bond donors (Lipinski definition) is 8. The summed E-state index contributed by atoms with van der Waals surface area (Å²) in [6, 6.07) is 19.8. The molecule has 0 fully saturated rings. The SMILES string of the molecule is Nc1nc(OCc2ccc(CNC(=O)CCc3cn(CCC(=O)Nc4ccc(/N=N/c5ccc(NC(=O)CCC[C@@H](C[C@H](N)C(=O)O)C(=O)O)cc5)cc4)nn3)cc2)c2nc[nH]c2n1. The lowest BCUT2D eigenvalue weighted by Gasteiger charge is -2.14. The Morgan fingerprint density at radius 3 is 2.08 bits per heavy atom. The van der Waals surface area contributed by atoms with Gasteiger partial charge in [-0.05, 0) is 78.9 Å². The van der Waals surface area contributed by atoms with E-state index in [1.54, 1.807) is 59.4 Å². The first-order valence-corrected chi connectivity index (χ1v) is 20.1. The number of fused-ring (bicyclic) bond motifs is 1. The van der Waals surface area contributed by atoms with E-state index in [-0.39, 0.29) is 74.7 Å². The number of ether oxygens (including phenoxy) is 1. The Hall–Kier alpha value is -8.14. The van der Waals surface area contributed by atoms with E-state index in [0.29, 0.717) is 59.1 Å². The van der Waals surface area contributed by atoms with Gasteiger partial charge in [0.1, 0.15) is 12.6 Å². The molecule has 3 heterocycles. The highest BCUT2D eigenvalue weighted by Gasteiger charge is 2.24. The first-order chi connectivity index (χ1) is 30.9. The number of azo groups is 1. The van der Waals surface area contributed by atoms with E-state index in [0.717, 1.165) is 11.1 Å². The normalized spacial score (nSPS) is 12.1. The third-order valence-electron chi connectivity index (χ3n) is 9.66. The number of amides is 3. The zero-order chi connectivity index (χ0) is 45.4. The van der Waals surface area contributed by atoms with Crippen molar-refractivity contribution in [1.29, 1.82) is 0 Å². The van der Waals surface area contributed by atoms with Gasteiger partial charge in [0.15, 0.2) is 11.2 Å². The van der Waals surface area contributed by atoms with Crippen molar-refractivity contribution in [1.82, 2.24) is 40.2 Å². The van der Waals surface area contributed by atoms with Gasteiger partial charge in [-0.2, -0.15) is 20.2 Å². The minimum absolute atomic E-state index is 0.0515. The summed E-state index contributed by atoms with van der Waals surface area (Å²) < 4.78 is 7.37. The van der Waals surface area contributed by atoms with Crippen molar-refractivity contribution in [3.63, 3.8) is 0 Å². The minimum Gasteiger partial charge on any atom is -0.481 e. The van der Waals surface area contributed by atoms with Crippen LogP contribution in [0.5, 0.6) is 5.88 Å². The standard InChI is InChI=1S/C42H46N14O8/c43-33(41(62)63)20-27(40(60)61)2-1-3-35(58)48-28-8-12-30(13-9-28)52-53-31-14-10-29(11-15-31)49-36(59)18-19-56-22-32(54-55-56)16-17-34(57)45-21-25-4-6-26(7-5-25)23-64-39-37-38(47-24-46-37)50-42(44)51-39/h4-15,22,24,27,33H,1-3,16-21,23,43H2,(H,45,57)(H,48,58)(H,49,59)(H,60,61)(H,62,63)(H3,44,46,47,50,51)/b53-52+/t27-,33-/m0/s1. The van der Waals surface area contributed by atoms with Crippen LogP contribution in [-0.4, -0.2) is 80.8 Å². The molecule has 0 aliphatic carbocycles. The summed E-state index contributed by atoms with van der Waals surface area (Å²) in [5.74, 6) is -3.70. The first-order valence-electron chi connectivity index (χ1n) is 20.1. The van der Waals surface area contributed by atoms with E-state index in [1.165, 1.54) is 6.33 Å². The highest BCUT2D eigenvalue weighted by atomic mass is 16.5. The number of nitrogens with one attached hydrogen (secondary N) is 4. The minimum atomic E-state index is -1.28. The number of aryl methyl sites for hydroxylation is 2. The molecule has 2 atom stereocenters. The van der Waals surface area contributed by atoms with Crippen LogP contribution in [0.3, 0.4) is 0 Å². The number of hydrogen-bond acceptors (Lipinski definition) is 15. The summed E-state index contributed by atoms with van der Waals surface area (Å²) in [6.07, 6.45) is 4.15. The van der Waals surface area contributed by atoms with E-state index in [2.05, 4.69) is 56.4 Å². The van der Waals surface area contributed by atoms with Crippen LogP contribution in [0.25, 0.3) is 11.2 Å². The molecule has 0 aliphatic heterocycles. The number of H-pyrrole nitrogens is 1. The highest BCUT2D eigenvalue weighted by Crippen LogP contribution is 2.24. The van der Waals surface area contributed by atoms with Gasteiger partial charge in [-0.3, -0.25) is 28.7 Å². The van der Waals surface area contributed by atoms with Gasteiger partial charge >= 0.3 is 11.9 Å². The van der Waals surface area contributed by atoms with Crippen molar-refractivity contribution < 1.29 is 38.9 Å². The maximum absolute atomic E-state index is 12.6. The molecule has 3 aromatic carbocycles. The number of imidazole rings is 1. The van der Waals surface area contributed by atoms with Gasteiger partial charge in [0.25, 0.3) is 0 Å². The van der Waals surface area contributed by atoms with Crippen LogP contribution in [0.1, 0.15) is 55.3 Å². The Morgan fingerprint density at radius 1 is 0.797 bits per heavy atom. The Bertz CT molecular complexity index is 2580. The molecule has 0 saturated heterocycles. The van der Waals surface area contributed by atoms with Crippen LogP contribution in [0, 0.1) is 5.92 Å². The molecule has 6 aromatic rings. The lowest BCUT2D eigenvalue weighted by Crippen LogP contribution is -2.34. The van der Waals surface area contributed by atoms with Crippen LogP contribution >= 0.6 is 0 Å². The smallest absolute Gasteiger partial charge is 0.320 e. The molecule has 64 heavy (non-hydrogen) atoms. The number of nitrogens with zero attached hydrogens (tertiary/aromatic N) is 8. The second-order valence-electron chi connectivity index (χ2n) is 14.6. The summed E-state index contributed by atoms with van der Waals surface area (Å²) in [4.78, 5) is 75.2. The summed E-state index contributed by atoms with van der Waals surface area (Å²) >= 11 is 0. The molecule has 0 saturated carbocycles. The molecule has 0 aliphatic rings. The molecule has 3 amide bonds. The number of rotatable bonds is 23. The van der Waals surface area contributed by atoms with Crippen molar-refractivity contribution in [2.24, 2.45) is 21.9 Å². The number of nitrogen functional groups attached to an aromatic ring is 1. The van der Waals surface area contributed by atoms with Gasteiger partial charge in [-0.15, -0.1) is 5.10 Å². The fourth-order valence-electron chi connectivity index (χ4n) is 6.18. The average molecular weight is 875 g/mol. The summed E-state index contributed by atoms with van der Waals surface area (Å²) in [7, 11) is 0. The lowest BCUT2D eigenvalue weighted by molar-refractivity contribution is -0.144. The summed E-state index contributed by atoms with van der Waals surface area (Å²) in [5.41, 5.74) is 16.8. The topological polar surface area (TPSA) is 333 Å². The molecule has 6 rings (SSSR count). The zero-order valence-electron chi connectivity index (χ0n) is 34.4. The second-order valence-corrected chi connectivity index (χ2v) is 14.6. The number of benzene rings is 3. The van der Waals surface area contributed by atoms with Gasteiger partial charge in [0.05, 0.1) is 35.9 Å².